The Bertz CT molecular complexity index is 1390. The molecule has 0 bridgehead atoms. The summed E-state index contributed by atoms with van der Waals surface area (Å²) in [5.41, 5.74) is 6.15. The Morgan fingerprint density at radius 1 is 0.824 bits per heavy atom. The van der Waals surface area contributed by atoms with E-state index in [1.165, 1.54) is 0 Å². The summed E-state index contributed by atoms with van der Waals surface area (Å²) in [5, 5.41) is 3.85. The molecule has 6 heteroatoms. The summed E-state index contributed by atoms with van der Waals surface area (Å²) in [6, 6.07) is 21.3. The molecule has 4 rings (SSSR count). The van der Waals surface area contributed by atoms with Gasteiger partial charge in [0.05, 0.1) is 17.3 Å². The maximum atomic E-state index is 13.6. The summed E-state index contributed by atoms with van der Waals surface area (Å²) < 4.78 is 2.02. The fraction of sp³-hybridized carbons (Fsp3) is 0.143. The zero-order chi connectivity index (χ0) is 24.4. The molecule has 0 radical (unpaired) electrons. The van der Waals surface area contributed by atoms with Gasteiger partial charge in [0.2, 0.25) is 0 Å². The number of nitrogens with one attached hydrogen (secondary N) is 1. The largest absolute Gasteiger partial charge is 0.346 e. The summed E-state index contributed by atoms with van der Waals surface area (Å²) in [5.74, 6) is -0.377. The van der Waals surface area contributed by atoms with E-state index in [9.17, 15) is 9.59 Å². The number of hydrogen-bond acceptors (Lipinski definition) is 2. The number of ketones is 1. The molecule has 1 heterocycles. The standard InChI is InChI=1S/C28H24Cl2N2O2/c1-17-18(2)26(16-31-28(34)20-9-5-4-6-10-20)32(19(17)3)25-14-13-21(29)15-23(25)27(33)22-11-7-8-12-24(22)30/h4-15H,16H2,1-3H3,(H,31,34). The predicted molar refractivity (Wildman–Crippen MR) is 137 cm³/mol. The van der Waals surface area contributed by atoms with Gasteiger partial charge in [0, 0.05) is 33.1 Å². The second-order valence-electron chi connectivity index (χ2n) is 8.14. The number of hydrogen-bond donors (Lipinski definition) is 1. The lowest BCUT2D eigenvalue weighted by molar-refractivity contribution is 0.0949. The second kappa shape index (κ2) is 9.88. The number of carbonyl (C=O) groups excluding carboxylic acids is 2. The first-order valence-electron chi connectivity index (χ1n) is 10.9. The quantitative estimate of drug-likeness (QED) is 0.299. The molecule has 3 aromatic carbocycles. The summed E-state index contributed by atoms with van der Waals surface area (Å²) in [6.45, 7) is 6.36. The molecule has 0 unspecified atom stereocenters. The zero-order valence-corrected chi connectivity index (χ0v) is 20.7. The van der Waals surface area contributed by atoms with Crippen LogP contribution >= 0.6 is 23.2 Å². The average molecular weight is 491 g/mol. The third kappa shape index (κ3) is 4.52. The van der Waals surface area contributed by atoms with Gasteiger partial charge in [0.1, 0.15) is 0 Å². The highest BCUT2D eigenvalue weighted by molar-refractivity contribution is 6.35. The minimum absolute atomic E-state index is 0.161. The Kier molecular flexibility index (Phi) is 6.92. The molecular weight excluding hydrogens is 467 g/mol. The monoisotopic (exact) mass is 490 g/mol. The van der Waals surface area contributed by atoms with Crippen molar-refractivity contribution >= 4 is 34.9 Å². The van der Waals surface area contributed by atoms with Crippen molar-refractivity contribution in [3.8, 4) is 5.69 Å². The van der Waals surface area contributed by atoms with Crippen LogP contribution in [0.25, 0.3) is 5.69 Å². The summed E-state index contributed by atoms with van der Waals surface area (Å²) in [7, 11) is 0. The van der Waals surface area contributed by atoms with E-state index in [1.54, 1.807) is 48.5 Å². The number of amides is 1. The van der Waals surface area contributed by atoms with E-state index < -0.39 is 0 Å². The van der Waals surface area contributed by atoms with Gasteiger partial charge in [-0.15, -0.1) is 0 Å². The summed E-state index contributed by atoms with van der Waals surface area (Å²) in [4.78, 5) is 26.3. The van der Waals surface area contributed by atoms with E-state index in [0.29, 0.717) is 39.0 Å². The van der Waals surface area contributed by atoms with Crippen LogP contribution in [0.2, 0.25) is 10.0 Å². The first-order valence-corrected chi connectivity index (χ1v) is 11.6. The molecule has 0 fully saturated rings. The highest BCUT2D eigenvalue weighted by atomic mass is 35.5. The van der Waals surface area contributed by atoms with Crippen molar-refractivity contribution in [1.82, 2.24) is 9.88 Å². The maximum absolute atomic E-state index is 13.6. The van der Waals surface area contributed by atoms with E-state index in [4.69, 9.17) is 23.2 Å². The van der Waals surface area contributed by atoms with Crippen molar-refractivity contribution in [3.05, 3.63) is 122 Å². The number of benzene rings is 3. The lowest BCUT2D eigenvalue weighted by Gasteiger charge is -2.17. The van der Waals surface area contributed by atoms with Gasteiger partial charge in [-0.2, -0.15) is 0 Å². The van der Waals surface area contributed by atoms with Crippen LogP contribution in [0.5, 0.6) is 0 Å². The maximum Gasteiger partial charge on any atom is 0.251 e. The summed E-state index contributed by atoms with van der Waals surface area (Å²) in [6.07, 6.45) is 0. The lowest BCUT2D eigenvalue weighted by Crippen LogP contribution is -2.25. The Morgan fingerprint density at radius 2 is 1.50 bits per heavy atom. The first-order chi connectivity index (χ1) is 16.3. The van der Waals surface area contributed by atoms with Crippen LogP contribution < -0.4 is 5.32 Å². The van der Waals surface area contributed by atoms with Crippen molar-refractivity contribution in [2.45, 2.75) is 27.3 Å². The first kappa shape index (κ1) is 23.8. The van der Waals surface area contributed by atoms with Crippen LogP contribution in [-0.4, -0.2) is 16.3 Å². The summed E-state index contributed by atoms with van der Waals surface area (Å²) >= 11 is 12.6. The predicted octanol–water partition coefficient (Wildman–Crippen LogP) is 6.87. The molecule has 0 aliphatic rings. The number of nitrogens with zero attached hydrogens (tertiary/aromatic N) is 1. The average Bonchev–Trinajstić information content (AvgIpc) is 3.06. The fourth-order valence-electron chi connectivity index (χ4n) is 4.09. The van der Waals surface area contributed by atoms with Gasteiger partial charge in [0.25, 0.3) is 5.91 Å². The Morgan fingerprint density at radius 3 is 2.21 bits per heavy atom. The van der Waals surface area contributed by atoms with E-state index in [-0.39, 0.29) is 11.7 Å². The minimum Gasteiger partial charge on any atom is -0.346 e. The Hall–Kier alpha value is -3.34. The normalized spacial score (nSPS) is 10.9. The van der Waals surface area contributed by atoms with Gasteiger partial charge < -0.3 is 9.88 Å². The third-order valence-corrected chi connectivity index (χ3v) is 6.72. The SMILES string of the molecule is Cc1c(C)c(CNC(=O)c2ccccc2)n(-c2ccc(Cl)cc2C(=O)c2ccccc2Cl)c1C. The second-order valence-corrected chi connectivity index (χ2v) is 8.98. The van der Waals surface area contributed by atoms with Crippen LogP contribution in [0.4, 0.5) is 0 Å². The van der Waals surface area contributed by atoms with Crippen LogP contribution in [0.3, 0.4) is 0 Å². The van der Waals surface area contributed by atoms with Crippen LogP contribution in [0.1, 0.15) is 48.8 Å². The smallest absolute Gasteiger partial charge is 0.251 e. The Labute approximate surface area is 209 Å². The number of rotatable bonds is 6. The van der Waals surface area contributed by atoms with E-state index >= 15 is 0 Å². The molecule has 0 aliphatic heterocycles. The van der Waals surface area contributed by atoms with Gasteiger partial charge in [-0.1, -0.05) is 53.5 Å². The van der Waals surface area contributed by atoms with Gasteiger partial charge in [-0.05, 0) is 74.4 Å². The lowest BCUT2D eigenvalue weighted by atomic mass is 10.0. The molecule has 1 amide bonds. The third-order valence-electron chi connectivity index (χ3n) is 6.16. The van der Waals surface area contributed by atoms with Crippen molar-refractivity contribution < 1.29 is 9.59 Å². The molecule has 34 heavy (non-hydrogen) atoms. The molecule has 1 aromatic heterocycles. The number of aromatic nitrogens is 1. The number of carbonyl (C=O) groups is 2. The van der Waals surface area contributed by atoms with Crippen molar-refractivity contribution in [3.63, 3.8) is 0 Å². The van der Waals surface area contributed by atoms with E-state index in [0.717, 1.165) is 22.5 Å². The molecule has 0 saturated heterocycles. The van der Waals surface area contributed by atoms with E-state index in [2.05, 4.69) is 5.32 Å². The fourth-order valence-corrected chi connectivity index (χ4v) is 4.49. The molecule has 4 aromatic rings. The molecular formula is C28H24Cl2N2O2. The van der Waals surface area contributed by atoms with Gasteiger partial charge in [-0.25, -0.2) is 0 Å². The molecule has 0 atom stereocenters. The van der Waals surface area contributed by atoms with Gasteiger partial charge in [-0.3, -0.25) is 9.59 Å². The molecule has 172 valence electrons. The molecule has 0 spiro atoms. The van der Waals surface area contributed by atoms with Crippen molar-refractivity contribution in [2.24, 2.45) is 0 Å². The van der Waals surface area contributed by atoms with Crippen molar-refractivity contribution in [2.75, 3.05) is 0 Å². The molecule has 0 saturated carbocycles. The molecule has 0 aliphatic carbocycles. The van der Waals surface area contributed by atoms with Gasteiger partial charge >= 0.3 is 0 Å². The molecule has 4 nitrogen and oxygen atoms in total. The van der Waals surface area contributed by atoms with Crippen LogP contribution in [0.15, 0.2) is 72.8 Å². The van der Waals surface area contributed by atoms with Gasteiger partial charge in [0.15, 0.2) is 5.78 Å². The number of halogens is 2. The Balaban J connectivity index is 1.80. The highest BCUT2D eigenvalue weighted by Crippen LogP contribution is 2.31. The zero-order valence-electron chi connectivity index (χ0n) is 19.2. The topological polar surface area (TPSA) is 51.1 Å². The molecule has 1 N–H and O–H groups in total. The van der Waals surface area contributed by atoms with Crippen molar-refractivity contribution in [1.29, 1.82) is 0 Å². The van der Waals surface area contributed by atoms with E-state index in [1.807, 2.05) is 49.6 Å². The highest BCUT2D eigenvalue weighted by Gasteiger charge is 2.23. The van der Waals surface area contributed by atoms with Crippen LogP contribution in [-0.2, 0) is 6.54 Å². The minimum atomic E-state index is -0.217. The van der Waals surface area contributed by atoms with Crippen LogP contribution in [0, 0.1) is 20.8 Å².